The van der Waals surface area contributed by atoms with Gasteiger partial charge in [0, 0.05) is 18.7 Å². The molecule has 2 amide bonds. The van der Waals surface area contributed by atoms with Crippen molar-refractivity contribution in [2.75, 3.05) is 0 Å². The Morgan fingerprint density at radius 1 is 1.14 bits per heavy atom. The van der Waals surface area contributed by atoms with Gasteiger partial charge in [-0.2, -0.15) is 0 Å². The highest BCUT2D eigenvalue weighted by Crippen LogP contribution is 2.11. The fourth-order valence-corrected chi connectivity index (χ4v) is 1.93. The van der Waals surface area contributed by atoms with E-state index in [0.29, 0.717) is 18.8 Å². The molecule has 1 aromatic heterocycles. The Labute approximate surface area is 127 Å². The molecule has 0 aliphatic carbocycles. The normalized spacial score (nSPS) is 10.3. The van der Waals surface area contributed by atoms with Crippen molar-refractivity contribution in [3.63, 3.8) is 0 Å². The second-order valence-electron chi connectivity index (χ2n) is 4.84. The van der Waals surface area contributed by atoms with Crippen LogP contribution < -0.4 is 10.6 Å². The number of hydrogen-bond donors (Lipinski definition) is 3. The van der Waals surface area contributed by atoms with Gasteiger partial charge in [-0.1, -0.05) is 17.3 Å². The first kappa shape index (κ1) is 15.6. The minimum absolute atomic E-state index is 0.214. The third kappa shape index (κ3) is 3.85. The first-order valence-corrected chi connectivity index (χ1v) is 6.73. The summed E-state index contributed by atoms with van der Waals surface area (Å²) in [6.45, 7) is 4.26. The molecular formula is C15H17N3O4. The van der Waals surface area contributed by atoms with E-state index in [1.54, 1.807) is 19.1 Å². The van der Waals surface area contributed by atoms with Crippen LogP contribution in [0.15, 0.2) is 28.8 Å². The fourth-order valence-electron chi connectivity index (χ4n) is 1.93. The highest BCUT2D eigenvalue weighted by Gasteiger charge is 2.10. The van der Waals surface area contributed by atoms with Gasteiger partial charge in [0.25, 0.3) is 0 Å². The van der Waals surface area contributed by atoms with Crippen molar-refractivity contribution >= 4 is 12.0 Å². The van der Waals surface area contributed by atoms with Crippen molar-refractivity contribution in [3.05, 3.63) is 52.4 Å². The van der Waals surface area contributed by atoms with E-state index >= 15 is 0 Å². The van der Waals surface area contributed by atoms with Gasteiger partial charge in [0.2, 0.25) is 0 Å². The van der Waals surface area contributed by atoms with Crippen LogP contribution in [-0.4, -0.2) is 22.3 Å². The van der Waals surface area contributed by atoms with Gasteiger partial charge in [0.05, 0.1) is 11.3 Å². The molecule has 3 N–H and O–H groups in total. The van der Waals surface area contributed by atoms with Crippen LogP contribution in [0.25, 0.3) is 0 Å². The largest absolute Gasteiger partial charge is 0.478 e. The van der Waals surface area contributed by atoms with Crippen LogP contribution in [0.5, 0.6) is 0 Å². The van der Waals surface area contributed by atoms with E-state index in [0.717, 1.165) is 16.8 Å². The zero-order chi connectivity index (χ0) is 16.1. The summed E-state index contributed by atoms with van der Waals surface area (Å²) in [4.78, 5) is 22.5. The van der Waals surface area contributed by atoms with Crippen LogP contribution in [0.4, 0.5) is 4.79 Å². The second kappa shape index (κ2) is 6.75. The highest BCUT2D eigenvalue weighted by molar-refractivity contribution is 5.87. The number of nitrogens with zero attached hydrogens (tertiary/aromatic N) is 1. The molecule has 0 unspecified atom stereocenters. The number of carboxylic acid groups (broad SMARTS) is 1. The zero-order valence-corrected chi connectivity index (χ0v) is 12.3. The molecule has 0 radical (unpaired) electrons. The summed E-state index contributed by atoms with van der Waals surface area (Å²) in [5, 5.41) is 18.0. The smallest absolute Gasteiger partial charge is 0.335 e. The Bertz CT molecular complexity index is 657. The summed E-state index contributed by atoms with van der Waals surface area (Å²) in [6.07, 6.45) is 0. The average molecular weight is 303 g/mol. The van der Waals surface area contributed by atoms with Gasteiger partial charge in [-0.25, -0.2) is 9.59 Å². The number of amides is 2. The third-order valence-corrected chi connectivity index (χ3v) is 3.26. The zero-order valence-electron chi connectivity index (χ0n) is 12.3. The standard InChI is InChI=1S/C15H17N3O4/c1-9-13(10(2)22-18-9)8-17-15(21)16-7-11-3-5-12(6-4-11)14(19)20/h3-6H,7-8H2,1-2H3,(H,19,20)(H2,16,17,21). The van der Waals surface area contributed by atoms with Gasteiger partial charge in [-0.05, 0) is 31.5 Å². The molecule has 0 atom stereocenters. The number of aryl methyl sites for hydroxylation is 2. The van der Waals surface area contributed by atoms with E-state index < -0.39 is 5.97 Å². The predicted molar refractivity (Wildman–Crippen MR) is 78.5 cm³/mol. The molecule has 116 valence electrons. The van der Waals surface area contributed by atoms with E-state index in [1.165, 1.54) is 12.1 Å². The maximum absolute atomic E-state index is 11.7. The number of nitrogens with one attached hydrogen (secondary N) is 2. The fraction of sp³-hybridized carbons (Fsp3) is 0.267. The van der Waals surface area contributed by atoms with E-state index in [2.05, 4.69) is 15.8 Å². The number of hydrogen-bond acceptors (Lipinski definition) is 4. The number of carbonyl (C=O) groups excluding carboxylic acids is 1. The van der Waals surface area contributed by atoms with E-state index in [1.807, 2.05) is 6.92 Å². The number of urea groups is 1. The molecule has 0 fully saturated rings. The van der Waals surface area contributed by atoms with E-state index in [4.69, 9.17) is 9.63 Å². The molecule has 0 spiro atoms. The molecule has 0 saturated heterocycles. The number of rotatable bonds is 5. The Morgan fingerprint density at radius 3 is 2.32 bits per heavy atom. The van der Waals surface area contributed by atoms with Gasteiger partial charge < -0.3 is 20.3 Å². The maximum Gasteiger partial charge on any atom is 0.335 e. The van der Waals surface area contributed by atoms with Crippen LogP contribution in [0.1, 0.15) is 32.9 Å². The molecule has 0 aliphatic rings. The van der Waals surface area contributed by atoms with Gasteiger partial charge in [0.1, 0.15) is 5.76 Å². The molecule has 0 saturated carbocycles. The average Bonchev–Trinajstić information content (AvgIpc) is 2.82. The first-order chi connectivity index (χ1) is 10.5. The Hall–Kier alpha value is -2.83. The second-order valence-corrected chi connectivity index (χ2v) is 4.84. The van der Waals surface area contributed by atoms with E-state index in [-0.39, 0.29) is 11.6 Å². The van der Waals surface area contributed by atoms with Crippen LogP contribution in [-0.2, 0) is 13.1 Å². The summed E-state index contributed by atoms with van der Waals surface area (Å²) in [5.41, 5.74) is 2.65. The number of carbonyl (C=O) groups is 2. The number of aromatic carboxylic acids is 1. The van der Waals surface area contributed by atoms with Gasteiger partial charge in [0.15, 0.2) is 0 Å². The van der Waals surface area contributed by atoms with Crippen molar-refractivity contribution < 1.29 is 19.2 Å². The molecule has 7 nitrogen and oxygen atoms in total. The topological polar surface area (TPSA) is 104 Å². The monoisotopic (exact) mass is 303 g/mol. The van der Waals surface area contributed by atoms with Crippen LogP contribution in [0.2, 0.25) is 0 Å². The summed E-state index contributed by atoms with van der Waals surface area (Å²) in [5.74, 6) is -0.293. The maximum atomic E-state index is 11.7. The predicted octanol–water partition coefficient (Wildman–Crippen LogP) is 1.99. The van der Waals surface area contributed by atoms with Crippen molar-refractivity contribution in [1.29, 1.82) is 0 Å². The van der Waals surface area contributed by atoms with Crippen molar-refractivity contribution in [1.82, 2.24) is 15.8 Å². The lowest BCUT2D eigenvalue weighted by Gasteiger charge is -2.07. The number of aromatic nitrogens is 1. The third-order valence-electron chi connectivity index (χ3n) is 3.26. The van der Waals surface area contributed by atoms with Crippen molar-refractivity contribution in [2.45, 2.75) is 26.9 Å². The lowest BCUT2D eigenvalue weighted by molar-refractivity contribution is 0.0697. The molecule has 7 heteroatoms. The van der Waals surface area contributed by atoms with Gasteiger partial charge in [-0.3, -0.25) is 0 Å². The minimum Gasteiger partial charge on any atom is -0.478 e. The van der Waals surface area contributed by atoms with E-state index in [9.17, 15) is 9.59 Å². The number of benzene rings is 1. The summed E-state index contributed by atoms with van der Waals surface area (Å²) < 4.78 is 5.02. The summed E-state index contributed by atoms with van der Waals surface area (Å²) in [6, 6.07) is 6.01. The molecule has 1 aromatic carbocycles. The molecule has 1 heterocycles. The summed E-state index contributed by atoms with van der Waals surface area (Å²) >= 11 is 0. The van der Waals surface area contributed by atoms with Gasteiger partial charge >= 0.3 is 12.0 Å². The SMILES string of the molecule is Cc1noc(C)c1CNC(=O)NCc1ccc(C(=O)O)cc1. The molecular weight excluding hydrogens is 286 g/mol. The molecule has 2 rings (SSSR count). The van der Waals surface area contributed by atoms with Gasteiger partial charge in [-0.15, -0.1) is 0 Å². The first-order valence-electron chi connectivity index (χ1n) is 6.73. The van der Waals surface area contributed by atoms with Crippen molar-refractivity contribution in [3.8, 4) is 0 Å². The van der Waals surface area contributed by atoms with Crippen LogP contribution in [0.3, 0.4) is 0 Å². The van der Waals surface area contributed by atoms with Crippen LogP contribution >= 0.6 is 0 Å². The minimum atomic E-state index is -0.975. The quantitative estimate of drug-likeness (QED) is 0.783. The Kier molecular flexibility index (Phi) is 4.77. The Balaban J connectivity index is 1.81. The molecule has 22 heavy (non-hydrogen) atoms. The Morgan fingerprint density at radius 2 is 1.77 bits per heavy atom. The van der Waals surface area contributed by atoms with Crippen LogP contribution in [0, 0.1) is 13.8 Å². The number of carboxylic acids is 1. The highest BCUT2D eigenvalue weighted by atomic mass is 16.5. The molecule has 2 aromatic rings. The molecule has 0 aliphatic heterocycles. The van der Waals surface area contributed by atoms with Crippen molar-refractivity contribution in [2.24, 2.45) is 0 Å². The lowest BCUT2D eigenvalue weighted by Crippen LogP contribution is -2.34. The molecule has 0 bridgehead atoms. The summed E-state index contributed by atoms with van der Waals surface area (Å²) in [7, 11) is 0. The lowest BCUT2D eigenvalue weighted by atomic mass is 10.1.